The maximum atomic E-state index is 13.2. The average molecular weight is 877 g/mol. The third kappa shape index (κ3) is 9.41. The van der Waals surface area contributed by atoms with E-state index in [-0.39, 0.29) is 5.75 Å². The molecule has 14 heteroatoms. The van der Waals surface area contributed by atoms with E-state index in [1.807, 2.05) is 67.6 Å². The Morgan fingerprint density at radius 1 is 0.750 bits per heavy atom. The van der Waals surface area contributed by atoms with E-state index in [9.17, 15) is 29.4 Å². The van der Waals surface area contributed by atoms with Crippen molar-refractivity contribution < 1.29 is 57.8 Å². The third-order valence-electron chi connectivity index (χ3n) is 12.2. The Bertz CT molecular complexity index is 2440. The number of ether oxygens (including phenoxy) is 6. The van der Waals surface area contributed by atoms with Gasteiger partial charge in [0.1, 0.15) is 30.5 Å². The van der Waals surface area contributed by atoms with Crippen molar-refractivity contribution in [2.24, 2.45) is 0 Å². The molecular weight excluding hydrogens is 821 g/mol. The number of aryl methyl sites for hydroxylation is 1. The van der Waals surface area contributed by atoms with Gasteiger partial charge in [-0.15, -0.1) is 0 Å². The molecule has 64 heavy (non-hydrogen) atoms. The molecule has 2 N–H and O–H groups in total. The molecule has 3 heterocycles. The monoisotopic (exact) mass is 876 g/mol. The Balaban J connectivity index is 1.19. The molecule has 0 radical (unpaired) electrons. The van der Waals surface area contributed by atoms with E-state index >= 15 is 0 Å². The van der Waals surface area contributed by atoms with Crippen molar-refractivity contribution in [2.75, 3.05) is 33.4 Å². The summed E-state index contributed by atoms with van der Waals surface area (Å²) in [5, 5.41) is 24.8. The summed E-state index contributed by atoms with van der Waals surface area (Å²) in [6, 6.07) is 30.8. The average Bonchev–Trinajstić information content (AvgIpc) is 3.40. The fourth-order valence-corrected chi connectivity index (χ4v) is 8.77. The number of Topliss-reactive ketones (excluding diaryl/α,β-unsaturated/α-hetero) is 2. The Morgan fingerprint density at radius 2 is 1.39 bits per heavy atom. The molecule has 2 aliphatic heterocycles. The van der Waals surface area contributed by atoms with E-state index in [1.165, 1.54) is 25.7 Å². The van der Waals surface area contributed by atoms with Gasteiger partial charge in [-0.2, -0.15) is 0 Å². The van der Waals surface area contributed by atoms with Gasteiger partial charge in [-0.05, 0) is 124 Å². The number of hydrogen-bond acceptors (Lipinski definition) is 13. The highest BCUT2D eigenvalue weighted by molar-refractivity contribution is 6.00. The summed E-state index contributed by atoms with van der Waals surface area (Å²) in [6.07, 6.45) is -1.20. The van der Waals surface area contributed by atoms with Crippen LogP contribution in [0.15, 0.2) is 97.1 Å². The van der Waals surface area contributed by atoms with E-state index in [0.717, 1.165) is 92.1 Å². The van der Waals surface area contributed by atoms with Crippen LogP contribution in [0.4, 0.5) is 0 Å². The highest BCUT2D eigenvalue weighted by atomic mass is 16.7. The molecule has 14 nitrogen and oxygen atoms in total. The maximum Gasteiger partial charge on any atom is 0.339 e. The second-order valence-electron chi connectivity index (χ2n) is 16.5. The number of likely N-dealkylation sites (tertiary alicyclic amines) is 1. The van der Waals surface area contributed by atoms with Gasteiger partial charge in [-0.25, -0.2) is 4.79 Å². The normalized spacial score (nSPS) is 22.6. The Kier molecular flexibility index (Phi) is 14.2. The molecule has 0 amide bonds. The van der Waals surface area contributed by atoms with Crippen LogP contribution >= 0.6 is 0 Å². The fourth-order valence-electron chi connectivity index (χ4n) is 8.77. The molecule has 2 saturated heterocycles. The molecule has 0 saturated carbocycles. The number of carbonyl (C=O) groups excluding carboxylic acids is 4. The molecule has 5 aromatic rings. The number of hydrogen-bond donors (Lipinski definition) is 2. The molecule has 2 fully saturated rings. The van der Waals surface area contributed by atoms with Crippen LogP contribution in [0.2, 0.25) is 0 Å². The zero-order valence-corrected chi connectivity index (χ0v) is 36.9. The van der Waals surface area contributed by atoms with Gasteiger partial charge < -0.3 is 43.2 Å². The number of nitrogens with zero attached hydrogens (tertiary/aromatic N) is 2. The predicted molar refractivity (Wildman–Crippen MR) is 237 cm³/mol. The first kappa shape index (κ1) is 45.9. The molecule has 5 atom stereocenters. The maximum absolute atomic E-state index is 13.2. The second kappa shape index (κ2) is 19.8. The molecular formula is C50H56N2O12. The summed E-state index contributed by atoms with van der Waals surface area (Å²) in [5.41, 5.74) is -0.586. The molecule has 0 unspecified atom stereocenters. The van der Waals surface area contributed by atoms with Crippen LogP contribution in [-0.4, -0.2) is 106 Å². The summed E-state index contributed by atoms with van der Waals surface area (Å²) in [4.78, 5) is 54.0. The highest BCUT2D eigenvalue weighted by Gasteiger charge is 2.74. The van der Waals surface area contributed by atoms with Crippen molar-refractivity contribution >= 4 is 34.4 Å². The summed E-state index contributed by atoms with van der Waals surface area (Å²) >= 11 is 0. The number of rotatable bonds is 16. The first-order chi connectivity index (χ1) is 30.7. The SMILES string of the molecule is COC(=O)[C@H]1O[C@@H](Oc2ccc(-c3c(C)c4cc(OCc5ccccc5)ccc4n3Cc3ccc(OCCN4CCCCCC4)cc3)cc2)[C@@](O)(C(C)=O)[C@](O)(C(C)=O)[C@@H]1OC(C)=O. The number of fused-ring (bicyclic) bond motifs is 1. The van der Waals surface area contributed by atoms with Gasteiger partial charge >= 0.3 is 11.9 Å². The van der Waals surface area contributed by atoms with Crippen LogP contribution in [0.5, 0.6) is 17.2 Å². The van der Waals surface area contributed by atoms with Crippen molar-refractivity contribution in [3.05, 3.63) is 114 Å². The lowest BCUT2D eigenvalue weighted by atomic mass is 9.69. The zero-order chi connectivity index (χ0) is 45.6. The van der Waals surface area contributed by atoms with Crippen LogP contribution in [0.1, 0.15) is 63.1 Å². The third-order valence-corrected chi connectivity index (χ3v) is 12.2. The topological polar surface area (TPSA) is 172 Å². The number of ketones is 2. The van der Waals surface area contributed by atoms with E-state index in [2.05, 4.69) is 21.6 Å². The largest absolute Gasteiger partial charge is 0.492 e. The molecule has 0 bridgehead atoms. The smallest absolute Gasteiger partial charge is 0.339 e. The lowest BCUT2D eigenvalue weighted by Crippen LogP contribution is -2.81. The van der Waals surface area contributed by atoms with E-state index in [1.54, 1.807) is 24.3 Å². The van der Waals surface area contributed by atoms with Crippen molar-refractivity contribution in [3.8, 4) is 28.5 Å². The van der Waals surface area contributed by atoms with Gasteiger partial charge in [-0.3, -0.25) is 19.3 Å². The summed E-state index contributed by atoms with van der Waals surface area (Å²) in [6.45, 7) is 9.49. The second-order valence-corrected chi connectivity index (χ2v) is 16.5. The minimum Gasteiger partial charge on any atom is -0.492 e. The number of carbonyl (C=O) groups is 4. The van der Waals surface area contributed by atoms with Crippen LogP contribution in [-0.2, 0) is 46.5 Å². The molecule has 0 spiro atoms. The summed E-state index contributed by atoms with van der Waals surface area (Å²) < 4.78 is 36.4. The Hall–Kier alpha value is -6.06. The van der Waals surface area contributed by atoms with Gasteiger partial charge in [0, 0.05) is 30.9 Å². The van der Waals surface area contributed by atoms with Gasteiger partial charge in [0.25, 0.3) is 0 Å². The minimum absolute atomic E-state index is 0.0530. The molecule has 338 valence electrons. The van der Waals surface area contributed by atoms with Crippen molar-refractivity contribution in [3.63, 3.8) is 0 Å². The van der Waals surface area contributed by atoms with E-state index in [4.69, 9.17) is 28.4 Å². The van der Waals surface area contributed by atoms with E-state index in [0.29, 0.717) is 25.5 Å². The number of esters is 2. The van der Waals surface area contributed by atoms with Gasteiger partial charge in [0.15, 0.2) is 23.8 Å². The fraction of sp³-hybridized carbons (Fsp3) is 0.400. The molecule has 7 rings (SSSR count). The minimum atomic E-state index is -3.18. The van der Waals surface area contributed by atoms with Crippen LogP contribution in [0.3, 0.4) is 0 Å². The van der Waals surface area contributed by atoms with Crippen LogP contribution in [0, 0.1) is 6.92 Å². The van der Waals surface area contributed by atoms with Gasteiger partial charge in [0.2, 0.25) is 17.5 Å². The first-order valence-corrected chi connectivity index (χ1v) is 21.6. The molecule has 2 aliphatic rings. The Labute approximate surface area is 372 Å². The van der Waals surface area contributed by atoms with Crippen molar-refractivity contribution in [2.45, 2.75) is 96.2 Å². The Morgan fingerprint density at radius 3 is 2.02 bits per heavy atom. The predicted octanol–water partition coefficient (Wildman–Crippen LogP) is 6.35. The van der Waals surface area contributed by atoms with Crippen LogP contribution < -0.4 is 14.2 Å². The quantitative estimate of drug-likeness (QED) is 0.105. The van der Waals surface area contributed by atoms with Crippen molar-refractivity contribution in [1.82, 2.24) is 9.47 Å². The van der Waals surface area contributed by atoms with Gasteiger partial charge in [-0.1, -0.05) is 55.3 Å². The van der Waals surface area contributed by atoms with E-state index < -0.39 is 53.2 Å². The molecule has 4 aromatic carbocycles. The van der Waals surface area contributed by atoms with Gasteiger partial charge in [0.05, 0.1) is 12.8 Å². The number of methoxy groups -OCH3 is 1. The summed E-state index contributed by atoms with van der Waals surface area (Å²) in [7, 11) is 1.02. The lowest BCUT2D eigenvalue weighted by Gasteiger charge is -2.52. The molecule has 0 aliphatic carbocycles. The highest BCUT2D eigenvalue weighted by Crippen LogP contribution is 2.43. The van der Waals surface area contributed by atoms with Crippen molar-refractivity contribution in [1.29, 1.82) is 0 Å². The number of aliphatic hydroxyl groups is 2. The number of benzene rings is 4. The van der Waals surface area contributed by atoms with Crippen LogP contribution in [0.25, 0.3) is 22.2 Å². The first-order valence-electron chi connectivity index (χ1n) is 21.6. The zero-order valence-electron chi connectivity index (χ0n) is 36.9. The lowest BCUT2D eigenvalue weighted by molar-refractivity contribution is -0.327. The standard InChI is InChI=1S/C50H56N2O12/c1-32-42-29-41(61-31-37-13-9-8-10-14-37)23-24-43(42)52(30-36-15-19-39(20-16-36)60-28-27-51-25-11-6-7-12-26-51)44(32)38-17-21-40(22-18-38)63-48-50(58,34(3)54)49(57,33(2)53)46(62-35(4)55)45(64-48)47(56)59-5/h8-10,13-24,29,45-46,48,57-58H,6-7,11-12,25-28,30-31H2,1-5H3/t45-,46+,48+,49-,50-/m0/s1. The summed E-state index contributed by atoms with van der Waals surface area (Å²) in [5.74, 6) is -2.92. The molecule has 1 aromatic heterocycles. The number of aromatic nitrogens is 1.